The number of imidazole rings is 1. The lowest BCUT2D eigenvalue weighted by molar-refractivity contribution is 0.423. The van der Waals surface area contributed by atoms with Gasteiger partial charge >= 0.3 is 0 Å². The molecule has 0 saturated carbocycles. The first kappa shape index (κ1) is 13.7. The summed E-state index contributed by atoms with van der Waals surface area (Å²) in [6.07, 6.45) is 3.70. The number of anilines is 1. The standard InChI is InChI=1S/C16H23N3/c1-12(2)19(14-9-7-6-8-13(14)3)16(4,5)15-17-10-11-18-15/h6-12H,1-5H3,(H,17,18). The molecule has 1 heterocycles. The quantitative estimate of drug-likeness (QED) is 0.901. The lowest BCUT2D eigenvalue weighted by atomic mass is 9.97. The number of hydrogen-bond donors (Lipinski definition) is 1. The van der Waals surface area contributed by atoms with E-state index in [1.807, 2.05) is 12.4 Å². The maximum absolute atomic E-state index is 4.45. The van der Waals surface area contributed by atoms with E-state index in [1.54, 1.807) is 0 Å². The maximum atomic E-state index is 4.45. The Morgan fingerprint density at radius 1 is 1.21 bits per heavy atom. The molecular weight excluding hydrogens is 234 g/mol. The molecule has 1 aromatic heterocycles. The Kier molecular flexibility index (Phi) is 3.65. The Morgan fingerprint density at radius 2 is 1.89 bits per heavy atom. The summed E-state index contributed by atoms with van der Waals surface area (Å²) < 4.78 is 0. The van der Waals surface area contributed by atoms with Crippen molar-refractivity contribution in [1.29, 1.82) is 0 Å². The number of aryl methyl sites for hydroxylation is 1. The van der Waals surface area contributed by atoms with Crippen molar-refractivity contribution in [2.24, 2.45) is 0 Å². The van der Waals surface area contributed by atoms with E-state index in [4.69, 9.17) is 0 Å². The molecule has 0 saturated heterocycles. The number of nitrogens with zero attached hydrogens (tertiary/aromatic N) is 2. The molecule has 19 heavy (non-hydrogen) atoms. The van der Waals surface area contributed by atoms with Gasteiger partial charge in [0.25, 0.3) is 0 Å². The molecule has 2 aromatic rings. The first-order valence-electron chi connectivity index (χ1n) is 6.79. The Hall–Kier alpha value is -1.77. The first-order chi connectivity index (χ1) is 8.94. The summed E-state index contributed by atoms with van der Waals surface area (Å²) in [5, 5.41) is 0. The average molecular weight is 257 g/mol. The number of aromatic nitrogens is 2. The predicted molar refractivity (Wildman–Crippen MR) is 80.4 cm³/mol. The van der Waals surface area contributed by atoms with E-state index in [2.05, 4.69) is 73.8 Å². The van der Waals surface area contributed by atoms with Crippen LogP contribution >= 0.6 is 0 Å². The van der Waals surface area contributed by atoms with Crippen LogP contribution in [0.5, 0.6) is 0 Å². The third kappa shape index (κ3) is 2.50. The zero-order valence-corrected chi connectivity index (χ0v) is 12.4. The topological polar surface area (TPSA) is 31.9 Å². The van der Waals surface area contributed by atoms with Crippen LogP contribution in [0.25, 0.3) is 0 Å². The number of rotatable bonds is 4. The molecule has 0 aliphatic heterocycles. The van der Waals surface area contributed by atoms with Crippen molar-refractivity contribution in [2.75, 3.05) is 4.90 Å². The van der Waals surface area contributed by atoms with Gasteiger partial charge in [-0.05, 0) is 46.2 Å². The number of aromatic amines is 1. The zero-order valence-electron chi connectivity index (χ0n) is 12.4. The van der Waals surface area contributed by atoms with Crippen molar-refractivity contribution < 1.29 is 0 Å². The van der Waals surface area contributed by atoms with Crippen molar-refractivity contribution >= 4 is 5.69 Å². The molecular formula is C16H23N3. The Balaban J connectivity index is 2.50. The Bertz CT molecular complexity index is 527. The van der Waals surface area contributed by atoms with E-state index in [1.165, 1.54) is 11.3 Å². The summed E-state index contributed by atoms with van der Waals surface area (Å²) in [7, 11) is 0. The zero-order chi connectivity index (χ0) is 14.0. The summed E-state index contributed by atoms with van der Waals surface area (Å²) in [4.78, 5) is 10.1. The maximum Gasteiger partial charge on any atom is 0.131 e. The van der Waals surface area contributed by atoms with Crippen molar-refractivity contribution in [3.63, 3.8) is 0 Å². The van der Waals surface area contributed by atoms with Gasteiger partial charge in [0.05, 0.1) is 5.54 Å². The van der Waals surface area contributed by atoms with Gasteiger partial charge in [0.15, 0.2) is 0 Å². The van der Waals surface area contributed by atoms with E-state index in [0.717, 1.165) is 5.82 Å². The Labute approximate surface area is 115 Å². The third-order valence-corrected chi connectivity index (χ3v) is 3.57. The molecule has 1 aromatic carbocycles. The summed E-state index contributed by atoms with van der Waals surface area (Å²) in [5.74, 6) is 0.990. The summed E-state index contributed by atoms with van der Waals surface area (Å²) >= 11 is 0. The molecule has 0 amide bonds. The molecule has 102 valence electrons. The van der Waals surface area contributed by atoms with Crippen LogP contribution in [0.1, 0.15) is 39.1 Å². The lowest BCUT2D eigenvalue weighted by Gasteiger charge is -2.43. The largest absolute Gasteiger partial charge is 0.357 e. The molecule has 0 atom stereocenters. The van der Waals surface area contributed by atoms with E-state index >= 15 is 0 Å². The van der Waals surface area contributed by atoms with Gasteiger partial charge in [0.1, 0.15) is 5.82 Å². The first-order valence-corrected chi connectivity index (χ1v) is 6.79. The fourth-order valence-corrected chi connectivity index (χ4v) is 2.77. The van der Waals surface area contributed by atoms with E-state index < -0.39 is 0 Å². The van der Waals surface area contributed by atoms with Gasteiger partial charge in [-0.3, -0.25) is 0 Å². The highest BCUT2D eigenvalue weighted by molar-refractivity contribution is 5.56. The van der Waals surface area contributed by atoms with Crippen LogP contribution in [0.4, 0.5) is 5.69 Å². The van der Waals surface area contributed by atoms with Gasteiger partial charge in [-0.1, -0.05) is 18.2 Å². The van der Waals surface area contributed by atoms with Crippen LogP contribution < -0.4 is 4.90 Å². The number of para-hydroxylation sites is 1. The van der Waals surface area contributed by atoms with Crippen molar-refractivity contribution in [3.8, 4) is 0 Å². The van der Waals surface area contributed by atoms with E-state index in [-0.39, 0.29) is 5.54 Å². The van der Waals surface area contributed by atoms with Crippen LogP contribution in [0.3, 0.4) is 0 Å². The molecule has 3 heteroatoms. The highest BCUT2D eigenvalue weighted by Crippen LogP contribution is 2.34. The fourth-order valence-electron chi connectivity index (χ4n) is 2.77. The highest BCUT2D eigenvalue weighted by atomic mass is 15.2. The van der Waals surface area contributed by atoms with Crippen LogP contribution in [-0.2, 0) is 5.54 Å². The minimum Gasteiger partial charge on any atom is -0.357 e. The van der Waals surface area contributed by atoms with E-state index in [0.29, 0.717) is 6.04 Å². The molecule has 0 aliphatic rings. The minimum atomic E-state index is -0.177. The monoisotopic (exact) mass is 257 g/mol. The van der Waals surface area contributed by atoms with Crippen LogP contribution in [-0.4, -0.2) is 16.0 Å². The molecule has 0 aliphatic carbocycles. The second-order valence-electron chi connectivity index (χ2n) is 5.75. The molecule has 0 unspecified atom stereocenters. The number of H-pyrrole nitrogens is 1. The van der Waals surface area contributed by atoms with Crippen molar-refractivity contribution in [2.45, 2.75) is 46.2 Å². The summed E-state index contributed by atoms with van der Waals surface area (Å²) in [5.41, 5.74) is 2.37. The van der Waals surface area contributed by atoms with Crippen LogP contribution in [0, 0.1) is 6.92 Å². The number of nitrogens with one attached hydrogen (secondary N) is 1. The van der Waals surface area contributed by atoms with Gasteiger partial charge in [0, 0.05) is 24.1 Å². The van der Waals surface area contributed by atoms with E-state index in [9.17, 15) is 0 Å². The number of benzene rings is 1. The molecule has 0 fully saturated rings. The van der Waals surface area contributed by atoms with Gasteiger partial charge in [-0.2, -0.15) is 0 Å². The molecule has 2 rings (SSSR count). The Morgan fingerprint density at radius 3 is 2.42 bits per heavy atom. The summed E-state index contributed by atoms with van der Waals surface area (Å²) in [6, 6.07) is 8.90. The van der Waals surface area contributed by atoms with Gasteiger partial charge in [-0.15, -0.1) is 0 Å². The van der Waals surface area contributed by atoms with Gasteiger partial charge in [-0.25, -0.2) is 4.98 Å². The SMILES string of the molecule is Cc1ccccc1N(C(C)C)C(C)(C)c1ncc[nH]1. The second-order valence-corrected chi connectivity index (χ2v) is 5.75. The lowest BCUT2D eigenvalue weighted by Crippen LogP contribution is -2.47. The predicted octanol–water partition coefficient (Wildman–Crippen LogP) is 3.87. The van der Waals surface area contributed by atoms with Crippen molar-refractivity contribution in [1.82, 2.24) is 9.97 Å². The molecule has 0 spiro atoms. The smallest absolute Gasteiger partial charge is 0.131 e. The molecule has 0 bridgehead atoms. The minimum absolute atomic E-state index is 0.177. The molecule has 0 radical (unpaired) electrons. The highest BCUT2D eigenvalue weighted by Gasteiger charge is 2.33. The second kappa shape index (κ2) is 5.08. The fraction of sp³-hybridized carbons (Fsp3) is 0.438. The molecule has 1 N–H and O–H groups in total. The van der Waals surface area contributed by atoms with Crippen LogP contribution in [0.15, 0.2) is 36.7 Å². The van der Waals surface area contributed by atoms with Gasteiger partial charge in [0.2, 0.25) is 0 Å². The number of hydrogen-bond acceptors (Lipinski definition) is 2. The third-order valence-electron chi connectivity index (χ3n) is 3.57. The average Bonchev–Trinajstić information content (AvgIpc) is 2.85. The molecule has 3 nitrogen and oxygen atoms in total. The normalized spacial score (nSPS) is 11.9. The van der Waals surface area contributed by atoms with Crippen molar-refractivity contribution in [3.05, 3.63) is 48.0 Å². The van der Waals surface area contributed by atoms with Gasteiger partial charge < -0.3 is 9.88 Å². The summed E-state index contributed by atoms with van der Waals surface area (Å²) in [6.45, 7) is 11.0. The van der Waals surface area contributed by atoms with Crippen LogP contribution in [0.2, 0.25) is 0 Å².